The van der Waals surface area contributed by atoms with Crippen LogP contribution in [0.1, 0.15) is 11.1 Å². The van der Waals surface area contributed by atoms with E-state index < -0.39 is 5.82 Å². The highest BCUT2D eigenvalue weighted by Crippen LogP contribution is 2.19. The third-order valence-electron chi connectivity index (χ3n) is 2.78. The topological polar surface area (TPSA) is 29.1 Å². The molecule has 0 bridgehead atoms. The third-order valence-corrected chi connectivity index (χ3v) is 3.37. The lowest BCUT2D eigenvalue weighted by Gasteiger charge is -2.08. The molecule has 0 saturated carbocycles. The van der Waals surface area contributed by atoms with Crippen LogP contribution in [0.25, 0.3) is 0 Å². The van der Waals surface area contributed by atoms with Crippen LogP contribution in [0.5, 0.6) is 0 Å². The minimum Gasteiger partial charge on any atom is -0.352 e. The maximum Gasteiger partial charge on any atom is 0.224 e. The fraction of sp³-hybridized carbons (Fsp3) is 0.133. The maximum atomic E-state index is 13.5. The normalized spacial score (nSPS) is 10.3. The van der Waals surface area contributed by atoms with E-state index in [-0.39, 0.29) is 22.9 Å². The zero-order chi connectivity index (χ0) is 14.5. The van der Waals surface area contributed by atoms with E-state index in [9.17, 15) is 9.18 Å². The van der Waals surface area contributed by atoms with Crippen LogP contribution < -0.4 is 5.32 Å². The standard InChI is InChI=1S/C15H12Cl2FNO/c16-11-4-1-3-10(7-11)9-19-15(20)8-12-13(17)5-2-6-14(12)18/h1-7H,8-9H2,(H,19,20). The molecular formula is C15H12Cl2FNO. The van der Waals surface area contributed by atoms with Gasteiger partial charge in [-0.05, 0) is 29.8 Å². The molecular weight excluding hydrogens is 300 g/mol. The minimum absolute atomic E-state index is 0.0912. The lowest BCUT2D eigenvalue weighted by Crippen LogP contribution is -2.25. The lowest BCUT2D eigenvalue weighted by molar-refractivity contribution is -0.120. The average molecular weight is 312 g/mol. The Kier molecular flexibility index (Phi) is 4.99. The van der Waals surface area contributed by atoms with E-state index in [4.69, 9.17) is 23.2 Å². The van der Waals surface area contributed by atoms with Gasteiger partial charge < -0.3 is 5.32 Å². The summed E-state index contributed by atoms with van der Waals surface area (Å²) in [6.07, 6.45) is -0.0912. The molecule has 0 unspecified atom stereocenters. The van der Waals surface area contributed by atoms with Crippen LogP contribution in [0.15, 0.2) is 42.5 Å². The molecule has 0 atom stereocenters. The second-order valence-electron chi connectivity index (χ2n) is 4.28. The number of carbonyl (C=O) groups is 1. The maximum absolute atomic E-state index is 13.5. The Balaban J connectivity index is 1.96. The first-order valence-electron chi connectivity index (χ1n) is 6.00. The van der Waals surface area contributed by atoms with Crippen LogP contribution >= 0.6 is 23.2 Å². The van der Waals surface area contributed by atoms with Gasteiger partial charge in [-0.3, -0.25) is 4.79 Å². The second kappa shape index (κ2) is 6.73. The zero-order valence-corrected chi connectivity index (χ0v) is 12.0. The smallest absolute Gasteiger partial charge is 0.224 e. The molecule has 0 aromatic heterocycles. The van der Waals surface area contributed by atoms with Crippen molar-refractivity contribution < 1.29 is 9.18 Å². The van der Waals surface area contributed by atoms with Gasteiger partial charge in [-0.1, -0.05) is 41.4 Å². The van der Waals surface area contributed by atoms with Crippen LogP contribution in [0.3, 0.4) is 0 Å². The van der Waals surface area contributed by atoms with Crippen molar-refractivity contribution in [2.75, 3.05) is 0 Å². The molecule has 0 aliphatic heterocycles. The fourth-order valence-electron chi connectivity index (χ4n) is 1.77. The molecule has 0 spiro atoms. The first kappa shape index (κ1) is 14.8. The molecule has 2 nitrogen and oxygen atoms in total. The molecule has 0 heterocycles. The van der Waals surface area contributed by atoms with Gasteiger partial charge >= 0.3 is 0 Å². The van der Waals surface area contributed by atoms with Crippen LogP contribution in [0, 0.1) is 5.82 Å². The summed E-state index contributed by atoms with van der Waals surface area (Å²) < 4.78 is 13.5. The summed E-state index contributed by atoms with van der Waals surface area (Å²) in [6.45, 7) is 0.339. The predicted molar refractivity (Wildman–Crippen MR) is 78.4 cm³/mol. The number of nitrogens with one attached hydrogen (secondary N) is 1. The zero-order valence-electron chi connectivity index (χ0n) is 10.5. The Hall–Kier alpha value is -1.58. The molecule has 1 amide bonds. The summed E-state index contributed by atoms with van der Waals surface area (Å²) in [5.41, 5.74) is 1.09. The van der Waals surface area contributed by atoms with E-state index in [2.05, 4.69) is 5.32 Å². The van der Waals surface area contributed by atoms with Gasteiger partial charge in [0.1, 0.15) is 5.82 Å². The molecule has 2 aromatic carbocycles. The third kappa shape index (κ3) is 3.95. The van der Waals surface area contributed by atoms with Crippen molar-refractivity contribution in [3.05, 3.63) is 69.5 Å². The molecule has 0 fully saturated rings. The van der Waals surface area contributed by atoms with E-state index in [0.717, 1.165) is 5.56 Å². The number of benzene rings is 2. The summed E-state index contributed by atoms with van der Waals surface area (Å²) >= 11 is 11.7. The molecule has 0 radical (unpaired) electrons. The van der Waals surface area contributed by atoms with Gasteiger partial charge in [0, 0.05) is 22.2 Å². The van der Waals surface area contributed by atoms with Crippen molar-refractivity contribution in [3.8, 4) is 0 Å². The fourth-order valence-corrected chi connectivity index (χ4v) is 2.21. The van der Waals surface area contributed by atoms with Crippen LogP contribution in [0.2, 0.25) is 10.0 Å². The Bertz CT molecular complexity index is 611. The van der Waals surface area contributed by atoms with Gasteiger partial charge in [-0.15, -0.1) is 0 Å². The Morgan fingerprint density at radius 1 is 1.15 bits per heavy atom. The molecule has 2 rings (SSSR count). The second-order valence-corrected chi connectivity index (χ2v) is 5.13. The highest BCUT2D eigenvalue weighted by atomic mass is 35.5. The summed E-state index contributed by atoms with van der Waals surface area (Å²) in [4.78, 5) is 11.8. The van der Waals surface area contributed by atoms with Crippen LogP contribution in [-0.2, 0) is 17.8 Å². The summed E-state index contributed by atoms with van der Waals surface area (Å²) in [7, 11) is 0. The number of hydrogen-bond donors (Lipinski definition) is 1. The molecule has 0 saturated heterocycles. The van der Waals surface area contributed by atoms with Gasteiger partial charge in [0.15, 0.2) is 0 Å². The Labute approximate surface area is 126 Å². The van der Waals surface area contributed by atoms with Crippen LogP contribution in [0.4, 0.5) is 4.39 Å². The van der Waals surface area contributed by atoms with Gasteiger partial charge in [-0.25, -0.2) is 4.39 Å². The van der Waals surface area contributed by atoms with Crippen molar-refractivity contribution >= 4 is 29.1 Å². The lowest BCUT2D eigenvalue weighted by atomic mass is 10.1. The number of rotatable bonds is 4. The molecule has 20 heavy (non-hydrogen) atoms. The molecule has 5 heteroatoms. The average Bonchev–Trinajstić information content (AvgIpc) is 2.41. The van der Waals surface area contributed by atoms with E-state index >= 15 is 0 Å². The molecule has 0 aliphatic carbocycles. The number of amides is 1. The Morgan fingerprint density at radius 3 is 2.60 bits per heavy atom. The van der Waals surface area contributed by atoms with E-state index in [1.165, 1.54) is 12.1 Å². The molecule has 2 aromatic rings. The summed E-state index contributed by atoms with van der Waals surface area (Å²) in [5, 5.41) is 3.56. The van der Waals surface area contributed by atoms with Crippen molar-refractivity contribution in [2.24, 2.45) is 0 Å². The number of carbonyl (C=O) groups excluding carboxylic acids is 1. The Morgan fingerprint density at radius 2 is 1.90 bits per heavy atom. The van der Waals surface area contributed by atoms with Crippen molar-refractivity contribution in [3.63, 3.8) is 0 Å². The van der Waals surface area contributed by atoms with Crippen molar-refractivity contribution in [1.29, 1.82) is 0 Å². The monoisotopic (exact) mass is 311 g/mol. The van der Waals surface area contributed by atoms with Crippen molar-refractivity contribution in [2.45, 2.75) is 13.0 Å². The minimum atomic E-state index is -0.476. The van der Waals surface area contributed by atoms with E-state index in [1.807, 2.05) is 6.07 Å². The van der Waals surface area contributed by atoms with E-state index in [0.29, 0.717) is 11.6 Å². The predicted octanol–water partition coefficient (Wildman–Crippen LogP) is 3.99. The number of halogens is 3. The first-order valence-corrected chi connectivity index (χ1v) is 6.76. The molecule has 0 aliphatic rings. The van der Waals surface area contributed by atoms with Gasteiger partial charge in [-0.2, -0.15) is 0 Å². The first-order chi connectivity index (χ1) is 9.56. The largest absolute Gasteiger partial charge is 0.352 e. The molecule has 1 N–H and O–H groups in total. The van der Waals surface area contributed by atoms with Crippen molar-refractivity contribution in [1.82, 2.24) is 5.32 Å². The van der Waals surface area contributed by atoms with Crippen LogP contribution in [-0.4, -0.2) is 5.91 Å². The van der Waals surface area contributed by atoms with Gasteiger partial charge in [0.05, 0.1) is 6.42 Å². The summed E-state index contributed by atoms with van der Waals surface area (Å²) in [6, 6.07) is 11.5. The molecule has 104 valence electrons. The van der Waals surface area contributed by atoms with Gasteiger partial charge in [0.2, 0.25) is 5.91 Å². The quantitative estimate of drug-likeness (QED) is 0.908. The van der Waals surface area contributed by atoms with E-state index in [1.54, 1.807) is 24.3 Å². The summed E-state index contributed by atoms with van der Waals surface area (Å²) in [5.74, 6) is -0.771. The number of hydrogen-bond acceptors (Lipinski definition) is 1. The highest BCUT2D eigenvalue weighted by Gasteiger charge is 2.11. The SMILES string of the molecule is O=C(Cc1c(F)cccc1Cl)NCc1cccc(Cl)c1. The highest BCUT2D eigenvalue weighted by molar-refractivity contribution is 6.31. The van der Waals surface area contributed by atoms with Gasteiger partial charge in [0.25, 0.3) is 0 Å².